The molecule has 0 aliphatic carbocycles. The Hall–Kier alpha value is -3.90. The van der Waals surface area contributed by atoms with Gasteiger partial charge in [0.05, 0.1) is 5.69 Å². The summed E-state index contributed by atoms with van der Waals surface area (Å²) in [6.07, 6.45) is 0. The van der Waals surface area contributed by atoms with Gasteiger partial charge in [0.2, 0.25) is 0 Å². The molecule has 0 aromatic heterocycles. The molecule has 1 heterocycles. The number of rotatable bonds is 5. The molecular weight excluding hydrogens is 450 g/mol. The first-order valence-electron chi connectivity index (χ1n) is 10.8. The Bertz CT molecular complexity index is 1340. The van der Waals surface area contributed by atoms with Crippen LogP contribution in [-0.2, 0) is 9.59 Å². The number of imide groups is 1. The first-order chi connectivity index (χ1) is 16.1. The van der Waals surface area contributed by atoms with E-state index in [0.29, 0.717) is 22.6 Å². The van der Waals surface area contributed by atoms with Crippen LogP contribution in [0.5, 0.6) is 0 Å². The van der Waals surface area contributed by atoms with Crippen LogP contribution in [0, 0.1) is 27.7 Å². The minimum absolute atomic E-state index is 0.0299. The lowest BCUT2D eigenvalue weighted by molar-refractivity contribution is -0.120. The zero-order valence-corrected chi connectivity index (χ0v) is 20.1. The van der Waals surface area contributed by atoms with E-state index < -0.39 is 11.8 Å². The van der Waals surface area contributed by atoms with Crippen LogP contribution in [0.3, 0.4) is 0 Å². The Morgan fingerprint density at radius 2 is 1.35 bits per heavy atom. The van der Waals surface area contributed by atoms with Crippen molar-refractivity contribution in [3.63, 3.8) is 0 Å². The van der Waals surface area contributed by atoms with Crippen LogP contribution in [0.25, 0.3) is 0 Å². The van der Waals surface area contributed by atoms with Crippen molar-refractivity contribution in [1.29, 1.82) is 0 Å². The van der Waals surface area contributed by atoms with Gasteiger partial charge in [-0.05, 0) is 92.4 Å². The molecule has 6 nitrogen and oxygen atoms in total. The van der Waals surface area contributed by atoms with Gasteiger partial charge in [0, 0.05) is 16.9 Å². The zero-order chi connectivity index (χ0) is 24.6. The average Bonchev–Trinajstić information content (AvgIpc) is 2.95. The summed E-state index contributed by atoms with van der Waals surface area (Å²) >= 11 is 6.26. The highest BCUT2D eigenvalue weighted by Crippen LogP contribution is 2.31. The Labute approximate surface area is 203 Å². The van der Waals surface area contributed by atoms with E-state index in [-0.39, 0.29) is 16.6 Å². The van der Waals surface area contributed by atoms with Crippen molar-refractivity contribution in [1.82, 2.24) is 0 Å². The largest absolute Gasteiger partial charge is 0.350 e. The third-order valence-electron chi connectivity index (χ3n) is 5.37. The van der Waals surface area contributed by atoms with Gasteiger partial charge in [-0.2, -0.15) is 0 Å². The fraction of sp³-hybridized carbons (Fsp3) is 0.148. The number of hydrogen-bond acceptors (Lipinski definition) is 4. The van der Waals surface area contributed by atoms with Crippen molar-refractivity contribution in [2.24, 2.45) is 0 Å². The summed E-state index contributed by atoms with van der Waals surface area (Å²) < 4.78 is 0. The summed E-state index contributed by atoms with van der Waals surface area (Å²) in [5.41, 5.74) is 5.93. The molecule has 3 amide bonds. The fourth-order valence-corrected chi connectivity index (χ4v) is 4.27. The van der Waals surface area contributed by atoms with E-state index in [2.05, 4.69) is 10.6 Å². The summed E-state index contributed by atoms with van der Waals surface area (Å²) in [5, 5.41) is 5.62. The summed E-state index contributed by atoms with van der Waals surface area (Å²) in [6, 6.07) is 17.9. The fourth-order valence-electron chi connectivity index (χ4n) is 4.06. The van der Waals surface area contributed by atoms with E-state index in [9.17, 15) is 14.4 Å². The molecule has 172 valence electrons. The Kier molecular flexibility index (Phi) is 6.26. The molecule has 0 fully saturated rings. The Balaban J connectivity index is 1.56. The maximum atomic E-state index is 13.1. The molecular formula is C27H24ClN3O3. The molecule has 4 rings (SSSR count). The SMILES string of the molecule is Cc1cc(C)cc(NC(=O)c2cccc(NC3=C(Cl)C(=O)N(c4cc(C)cc(C)c4)C3=O)c2)c1. The summed E-state index contributed by atoms with van der Waals surface area (Å²) in [5.74, 6) is -1.44. The molecule has 0 saturated carbocycles. The third kappa shape index (κ3) is 4.72. The van der Waals surface area contributed by atoms with Crippen molar-refractivity contribution < 1.29 is 14.4 Å². The van der Waals surface area contributed by atoms with Gasteiger partial charge < -0.3 is 10.6 Å². The number of amides is 3. The molecule has 0 radical (unpaired) electrons. The number of halogens is 1. The van der Waals surface area contributed by atoms with Gasteiger partial charge in [0.25, 0.3) is 17.7 Å². The van der Waals surface area contributed by atoms with Crippen molar-refractivity contribution in [3.05, 3.63) is 99.2 Å². The van der Waals surface area contributed by atoms with Crippen LogP contribution in [0.4, 0.5) is 17.1 Å². The second-order valence-electron chi connectivity index (χ2n) is 8.52. The molecule has 0 bridgehead atoms. The van der Waals surface area contributed by atoms with E-state index in [1.807, 2.05) is 52.0 Å². The lowest BCUT2D eigenvalue weighted by Gasteiger charge is -2.16. The third-order valence-corrected chi connectivity index (χ3v) is 5.72. The van der Waals surface area contributed by atoms with Gasteiger partial charge in [0.1, 0.15) is 10.7 Å². The summed E-state index contributed by atoms with van der Waals surface area (Å²) in [4.78, 5) is 39.7. The van der Waals surface area contributed by atoms with Crippen LogP contribution in [0.1, 0.15) is 32.6 Å². The van der Waals surface area contributed by atoms with Crippen LogP contribution < -0.4 is 15.5 Å². The number of benzene rings is 3. The smallest absolute Gasteiger partial charge is 0.283 e. The molecule has 0 atom stereocenters. The van der Waals surface area contributed by atoms with Gasteiger partial charge in [-0.1, -0.05) is 29.8 Å². The van der Waals surface area contributed by atoms with Crippen LogP contribution in [-0.4, -0.2) is 17.7 Å². The molecule has 2 N–H and O–H groups in total. The van der Waals surface area contributed by atoms with E-state index >= 15 is 0 Å². The number of aryl methyl sites for hydroxylation is 4. The average molecular weight is 474 g/mol. The normalized spacial score (nSPS) is 13.5. The lowest BCUT2D eigenvalue weighted by Crippen LogP contribution is -2.32. The summed E-state index contributed by atoms with van der Waals surface area (Å²) in [6.45, 7) is 7.71. The van der Waals surface area contributed by atoms with Crippen molar-refractivity contribution in [3.8, 4) is 0 Å². The van der Waals surface area contributed by atoms with Crippen LogP contribution in [0.2, 0.25) is 0 Å². The van der Waals surface area contributed by atoms with Gasteiger partial charge in [-0.3, -0.25) is 14.4 Å². The minimum atomic E-state index is -0.595. The van der Waals surface area contributed by atoms with Crippen LogP contribution in [0.15, 0.2) is 71.4 Å². The van der Waals surface area contributed by atoms with E-state index in [1.165, 1.54) is 0 Å². The summed E-state index contributed by atoms with van der Waals surface area (Å²) in [7, 11) is 0. The first kappa shape index (κ1) is 23.3. The monoisotopic (exact) mass is 473 g/mol. The maximum absolute atomic E-state index is 13.1. The molecule has 3 aromatic carbocycles. The first-order valence-corrected chi connectivity index (χ1v) is 11.1. The Morgan fingerprint density at radius 1 is 0.765 bits per heavy atom. The molecule has 3 aromatic rings. The number of hydrogen-bond donors (Lipinski definition) is 2. The predicted octanol–water partition coefficient (Wildman–Crippen LogP) is 5.61. The maximum Gasteiger partial charge on any atom is 0.283 e. The number of carbonyl (C=O) groups is 3. The number of anilines is 3. The second kappa shape index (κ2) is 9.15. The zero-order valence-electron chi connectivity index (χ0n) is 19.3. The Morgan fingerprint density at radius 3 is 1.97 bits per heavy atom. The quantitative estimate of drug-likeness (QED) is 0.472. The lowest BCUT2D eigenvalue weighted by atomic mass is 10.1. The highest BCUT2D eigenvalue weighted by atomic mass is 35.5. The molecule has 1 aliphatic heterocycles. The van der Waals surface area contributed by atoms with Gasteiger partial charge in [-0.15, -0.1) is 0 Å². The van der Waals surface area contributed by atoms with Crippen LogP contribution >= 0.6 is 11.6 Å². The second-order valence-corrected chi connectivity index (χ2v) is 8.89. The standard InChI is InChI=1S/C27H24ClN3O3/c1-15-8-16(2)11-21(10-15)30-25(32)19-6-5-7-20(14-19)29-24-23(28)26(33)31(27(24)34)22-12-17(3)9-18(4)13-22/h5-14,29H,1-4H3,(H,30,32). The molecule has 1 aliphatic rings. The molecule has 0 unspecified atom stereocenters. The minimum Gasteiger partial charge on any atom is -0.350 e. The number of nitrogens with zero attached hydrogens (tertiary/aromatic N) is 1. The predicted molar refractivity (Wildman–Crippen MR) is 135 cm³/mol. The molecule has 7 heteroatoms. The van der Waals surface area contributed by atoms with Gasteiger partial charge >= 0.3 is 0 Å². The van der Waals surface area contributed by atoms with Gasteiger partial charge in [-0.25, -0.2) is 4.90 Å². The van der Waals surface area contributed by atoms with Crippen molar-refractivity contribution >= 4 is 46.4 Å². The topological polar surface area (TPSA) is 78.5 Å². The van der Waals surface area contributed by atoms with Crippen molar-refractivity contribution in [2.45, 2.75) is 27.7 Å². The van der Waals surface area contributed by atoms with E-state index in [0.717, 1.165) is 27.2 Å². The molecule has 34 heavy (non-hydrogen) atoms. The number of nitrogens with one attached hydrogen (secondary N) is 2. The molecule has 0 saturated heterocycles. The molecule has 0 spiro atoms. The highest BCUT2D eigenvalue weighted by molar-refractivity contribution is 6.53. The van der Waals surface area contributed by atoms with E-state index in [1.54, 1.807) is 36.4 Å². The van der Waals surface area contributed by atoms with Crippen molar-refractivity contribution in [2.75, 3.05) is 15.5 Å². The van der Waals surface area contributed by atoms with E-state index in [4.69, 9.17) is 11.6 Å². The number of carbonyl (C=O) groups excluding carboxylic acids is 3. The highest BCUT2D eigenvalue weighted by Gasteiger charge is 2.39. The van der Waals surface area contributed by atoms with Gasteiger partial charge in [0.15, 0.2) is 0 Å².